The van der Waals surface area contributed by atoms with Crippen LogP contribution in [0.2, 0.25) is 0 Å². The molecule has 3 aromatic rings. The number of fused-ring (bicyclic) bond motifs is 1. The molecule has 31 heavy (non-hydrogen) atoms. The van der Waals surface area contributed by atoms with Gasteiger partial charge in [-0.1, -0.05) is 0 Å². The van der Waals surface area contributed by atoms with Crippen molar-refractivity contribution >= 4 is 28.1 Å². The van der Waals surface area contributed by atoms with E-state index in [0.29, 0.717) is 48.3 Å². The first-order chi connectivity index (χ1) is 14.8. The van der Waals surface area contributed by atoms with Crippen molar-refractivity contribution in [2.45, 2.75) is 25.1 Å². The number of pyridine rings is 1. The Kier molecular flexibility index (Phi) is 5.69. The molecule has 1 fully saturated rings. The second-order valence-electron chi connectivity index (χ2n) is 7.34. The van der Waals surface area contributed by atoms with Crippen LogP contribution in [0.25, 0.3) is 10.9 Å². The molecule has 0 unspecified atom stereocenters. The Labute approximate surface area is 175 Å². The van der Waals surface area contributed by atoms with Crippen LogP contribution < -0.4 is 10.2 Å². The molecule has 0 atom stereocenters. The van der Waals surface area contributed by atoms with Gasteiger partial charge in [-0.3, -0.25) is 0 Å². The number of nitrogens with one attached hydrogen (secondary N) is 2. The number of rotatable bonds is 5. The predicted octanol–water partition coefficient (Wildman–Crippen LogP) is 4.86. The minimum absolute atomic E-state index is 0.211. The highest BCUT2D eigenvalue weighted by atomic mass is 19.4. The van der Waals surface area contributed by atoms with Crippen LogP contribution in [-0.4, -0.2) is 41.9 Å². The summed E-state index contributed by atoms with van der Waals surface area (Å²) < 4.78 is 55.6. The first-order valence-corrected chi connectivity index (χ1v) is 9.70. The number of alkyl halides is 3. The lowest BCUT2D eigenvalue weighted by atomic mass is 10.1. The molecule has 2 aromatic heterocycles. The van der Waals surface area contributed by atoms with Crippen molar-refractivity contribution in [2.75, 3.05) is 29.9 Å². The van der Waals surface area contributed by atoms with Crippen molar-refractivity contribution in [2.24, 2.45) is 0 Å². The molecule has 10 heteroatoms. The van der Waals surface area contributed by atoms with E-state index in [1.165, 1.54) is 6.20 Å². The van der Waals surface area contributed by atoms with E-state index in [1.807, 2.05) is 11.0 Å². The number of aromatic nitrogens is 2. The fourth-order valence-electron chi connectivity index (χ4n) is 3.63. The molecule has 0 aliphatic carbocycles. The minimum atomic E-state index is -4.33. The van der Waals surface area contributed by atoms with E-state index in [-0.39, 0.29) is 11.5 Å². The molecule has 162 valence electrons. The van der Waals surface area contributed by atoms with Crippen LogP contribution >= 0.6 is 0 Å². The monoisotopic (exact) mass is 433 g/mol. The van der Waals surface area contributed by atoms with E-state index in [0.717, 1.165) is 5.69 Å². The molecule has 1 aliphatic heterocycles. The molecule has 1 saturated heterocycles. The number of aromatic amines is 1. The van der Waals surface area contributed by atoms with E-state index in [9.17, 15) is 22.8 Å². The van der Waals surface area contributed by atoms with E-state index in [2.05, 4.69) is 15.3 Å². The highest BCUT2D eigenvalue weighted by Gasteiger charge is 2.30. The summed E-state index contributed by atoms with van der Waals surface area (Å²) in [5.41, 5.74) is 2.25. The fraction of sp³-hybridized carbons (Fsp3) is 0.333. The normalized spacial score (nSPS) is 15.3. The van der Waals surface area contributed by atoms with Crippen LogP contribution in [0.1, 0.15) is 18.5 Å². The van der Waals surface area contributed by atoms with Gasteiger partial charge in [0.1, 0.15) is 30.0 Å². The number of benzene rings is 1. The van der Waals surface area contributed by atoms with Gasteiger partial charge in [-0.25, -0.2) is 9.37 Å². The minimum Gasteiger partial charge on any atom is -0.371 e. The van der Waals surface area contributed by atoms with Gasteiger partial charge >= 0.3 is 6.18 Å². The summed E-state index contributed by atoms with van der Waals surface area (Å²) in [6, 6.07) is 10.5. The van der Waals surface area contributed by atoms with E-state index >= 15 is 0 Å². The van der Waals surface area contributed by atoms with Crippen LogP contribution in [0, 0.1) is 17.1 Å². The topological polar surface area (TPSA) is 77.0 Å². The molecule has 1 aromatic carbocycles. The van der Waals surface area contributed by atoms with Gasteiger partial charge in [0.25, 0.3) is 0 Å². The van der Waals surface area contributed by atoms with Gasteiger partial charge in [-0.2, -0.15) is 18.4 Å². The molecule has 3 heterocycles. The summed E-state index contributed by atoms with van der Waals surface area (Å²) >= 11 is 0. The van der Waals surface area contributed by atoms with E-state index < -0.39 is 18.9 Å². The summed E-state index contributed by atoms with van der Waals surface area (Å²) in [6.07, 6.45) is -2.58. The summed E-state index contributed by atoms with van der Waals surface area (Å²) in [5.74, 6) is 0.104. The zero-order valence-electron chi connectivity index (χ0n) is 16.3. The van der Waals surface area contributed by atoms with Crippen molar-refractivity contribution in [3.63, 3.8) is 0 Å². The molecule has 0 bridgehead atoms. The average molecular weight is 433 g/mol. The van der Waals surface area contributed by atoms with Gasteiger partial charge in [0.2, 0.25) is 0 Å². The maximum atomic E-state index is 13.6. The third-order valence-corrected chi connectivity index (χ3v) is 5.12. The molecule has 0 saturated carbocycles. The van der Waals surface area contributed by atoms with E-state index in [4.69, 9.17) is 4.74 Å². The smallest absolute Gasteiger partial charge is 0.371 e. The number of hydrogen-bond acceptors (Lipinski definition) is 5. The number of hydrogen-bond donors (Lipinski definition) is 2. The Morgan fingerprint density at radius 2 is 2.00 bits per heavy atom. The number of ether oxygens (including phenoxy) is 1. The Hall–Kier alpha value is -3.32. The summed E-state index contributed by atoms with van der Waals surface area (Å²) in [5, 5.41) is 12.9. The highest BCUT2D eigenvalue weighted by molar-refractivity contribution is 5.84. The van der Waals surface area contributed by atoms with Gasteiger partial charge in [0.05, 0.1) is 11.6 Å². The second-order valence-corrected chi connectivity index (χ2v) is 7.34. The predicted molar refractivity (Wildman–Crippen MR) is 108 cm³/mol. The van der Waals surface area contributed by atoms with Gasteiger partial charge in [0, 0.05) is 42.1 Å². The lowest BCUT2D eigenvalue weighted by Crippen LogP contribution is -2.38. The number of piperidine rings is 1. The standard InChI is InChI=1S/C21H19F4N5O/c22-18-11-27-19-8-13(1-2-17(18)19)28-20-9-15(7-14(10-26)29-20)30-5-3-16(4-6-30)31-12-21(23,24)25/h1-2,7-9,11,16,27H,3-6,12H2,(H,28,29). The number of H-pyrrole nitrogens is 1. The summed E-state index contributed by atoms with van der Waals surface area (Å²) in [6.45, 7) is -0.232. The van der Waals surface area contributed by atoms with Gasteiger partial charge in [-0.05, 0) is 37.1 Å². The van der Waals surface area contributed by atoms with Crippen LogP contribution in [0.4, 0.5) is 34.8 Å². The largest absolute Gasteiger partial charge is 0.411 e. The van der Waals surface area contributed by atoms with Crippen LogP contribution in [0.5, 0.6) is 0 Å². The summed E-state index contributed by atoms with van der Waals surface area (Å²) in [4.78, 5) is 9.10. The maximum Gasteiger partial charge on any atom is 0.411 e. The third kappa shape index (κ3) is 5.06. The average Bonchev–Trinajstić information content (AvgIpc) is 3.12. The third-order valence-electron chi connectivity index (χ3n) is 5.12. The van der Waals surface area contributed by atoms with Gasteiger partial charge in [0.15, 0.2) is 0 Å². The van der Waals surface area contributed by atoms with Crippen LogP contribution in [0.3, 0.4) is 0 Å². The van der Waals surface area contributed by atoms with Crippen molar-refractivity contribution in [1.82, 2.24) is 9.97 Å². The molecular formula is C21H19F4N5O. The fourth-order valence-corrected chi connectivity index (χ4v) is 3.63. The Bertz CT molecular complexity index is 1110. The quantitative estimate of drug-likeness (QED) is 0.562. The second kappa shape index (κ2) is 8.43. The lowest BCUT2D eigenvalue weighted by Gasteiger charge is -2.33. The Morgan fingerprint density at radius 1 is 1.23 bits per heavy atom. The van der Waals surface area contributed by atoms with Crippen molar-refractivity contribution < 1.29 is 22.3 Å². The molecule has 1 aliphatic rings. The maximum absolute atomic E-state index is 13.6. The first-order valence-electron chi connectivity index (χ1n) is 9.70. The van der Waals surface area contributed by atoms with E-state index in [1.54, 1.807) is 30.3 Å². The summed E-state index contributed by atoms with van der Waals surface area (Å²) in [7, 11) is 0. The van der Waals surface area contributed by atoms with Gasteiger partial charge in [-0.15, -0.1) is 0 Å². The molecule has 0 radical (unpaired) electrons. The number of halogens is 4. The molecule has 6 nitrogen and oxygen atoms in total. The highest BCUT2D eigenvalue weighted by Crippen LogP contribution is 2.28. The number of anilines is 3. The van der Waals surface area contributed by atoms with Crippen molar-refractivity contribution in [3.05, 3.63) is 48.0 Å². The molecule has 2 N–H and O–H groups in total. The molecule has 0 amide bonds. The molecule has 4 rings (SSSR count). The Morgan fingerprint density at radius 3 is 2.71 bits per heavy atom. The zero-order valence-corrected chi connectivity index (χ0v) is 16.3. The lowest BCUT2D eigenvalue weighted by molar-refractivity contribution is -0.186. The van der Waals surface area contributed by atoms with Gasteiger partial charge < -0.3 is 19.9 Å². The SMILES string of the molecule is N#Cc1cc(N2CCC(OCC(F)(F)F)CC2)cc(Nc2ccc3c(F)c[nH]c3c2)n1. The molecule has 0 spiro atoms. The van der Waals surface area contributed by atoms with Crippen molar-refractivity contribution in [3.8, 4) is 6.07 Å². The number of nitrogens with zero attached hydrogens (tertiary/aromatic N) is 3. The number of nitriles is 1. The van der Waals surface area contributed by atoms with Crippen molar-refractivity contribution in [1.29, 1.82) is 5.26 Å². The zero-order chi connectivity index (χ0) is 22.0. The molecular weight excluding hydrogens is 414 g/mol. The Balaban J connectivity index is 1.47. The van der Waals surface area contributed by atoms with Crippen LogP contribution in [0.15, 0.2) is 36.5 Å². The van der Waals surface area contributed by atoms with Crippen LogP contribution in [-0.2, 0) is 4.74 Å². The first kappa shape index (κ1) is 20.9.